The second-order valence-corrected chi connectivity index (χ2v) is 9.22. The van der Waals surface area contributed by atoms with Gasteiger partial charge in [-0.25, -0.2) is 4.79 Å². The molecule has 2 atom stereocenters. The molecule has 1 aliphatic rings. The molecule has 0 spiro atoms. The maximum Gasteiger partial charge on any atom is 0.318 e. The number of nitrogens with one attached hydrogen (secondary N) is 1. The Morgan fingerprint density at radius 2 is 1.96 bits per heavy atom. The van der Waals surface area contributed by atoms with E-state index >= 15 is 0 Å². The predicted octanol–water partition coefficient (Wildman–Crippen LogP) is 4.77. The van der Waals surface area contributed by atoms with Crippen molar-refractivity contribution in [3.63, 3.8) is 0 Å². The van der Waals surface area contributed by atoms with Crippen LogP contribution in [0.2, 0.25) is 0 Å². The summed E-state index contributed by atoms with van der Waals surface area (Å²) in [5.74, 6) is 0. The molecule has 0 radical (unpaired) electrons. The largest absolute Gasteiger partial charge is 0.336 e. The molecular formula is C22H25N3OS2. The SMILES string of the molecule is CN(C)C(CNC(=O)N1CCc2sccc2C1c1ccccc1)c1cccs1. The van der Waals surface area contributed by atoms with E-state index in [4.69, 9.17) is 0 Å². The molecule has 3 heterocycles. The first kappa shape index (κ1) is 19.2. The number of carbonyl (C=O) groups excluding carboxylic acids is 1. The molecule has 146 valence electrons. The van der Waals surface area contributed by atoms with Gasteiger partial charge in [-0.2, -0.15) is 0 Å². The Bertz CT molecular complexity index is 905. The van der Waals surface area contributed by atoms with E-state index in [9.17, 15) is 4.79 Å². The first-order chi connectivity index (χ1) is 13.6. The first-order valence-electron chi connectivity index (χ1n) is 9.50. The fourth-order valence-corrected chi connectivity index (χ4v) is 5.66. The number of thiophene rings is 2. The Morgan fingerprint density at radius 3 is 2.68 bits per heavy atom. The summed E-state index contributed by atoms with van der Waals surface area (Å²) in [6.45, 7) is 1.34. The summed E-state index contributed by atoms with van der Waals surface area (Å²) < 4.78 is 0. The minimum absolute atomic E-state index is 0.00843. The Kier molecular flexibility index (Phi) is 5.80. The monoisotopic (exact) mass is 411 g/mol. The number of hydrogen-bond donors (Lipinski definition) is 1. The summed E-state index contributed by atoms with van der Waals surface area (Å²) in [4.78, 5) is 20.0. The molecule has 2 amide bonds. The maximum atomic E-state index is 13.2. The summed E-state index contributed by atoms with van der Waals surface area (Å²) in [5, 5.41) is 7.43. The third-order valence-corrected chi connectivity index (χ3v) is 7.25. The summed E-state index contributed by atoms with van der Waals surface area (Å²) >= 11 is 3.52. The molecule has 0 aliphatic carbocycles. The van der Waals surface area contributed by atoms with Crippen molar-refractivity contribution in [2.75, 3.05) is 27.2 Å². The fourth-order valence-electron chi connectivity index (χ4n) is 3.83. The molecule has 0 saturated heterocycles. The van der Waals surface area contributed by atoms with Gasteiger partial charge in [0.2, 0.25) is 0 Å². The van der Waals surface area contributed by atoms with Gasteiger partial charge in [0.15, 0.2) is 0 Å². The van der Waals surface area contributed by atoms with Crippen LogP contribution in [0.25, 0.3) is 0 Å². The van der Waals surface area contributed by atoms with Gasteiger partial charge >= 0.3 is 6.03 Å². The zero-order chi connectivity index (χ0) is 19.5. The molecule has 1 aromatic carbocycles. The number of nitrogens with zero attached hydrogens (tertiary/aromatic N) is 2. The van der Waals surface area contributed by atoms with Crippen molar-refractivity contribution in [2.24, 2.45) is 0 Å². The molecule has 1 N–H and O–H groups in total. The molecule has 4 nitrogen and oxygen atoms in total. The Balaban J connectivity index is 1.54. The molecule has 28 heavy (non-hydrogen) atoms. The molecule has 1 aliphatic heterocycles. The lowest BCUT2D eigenvalue weighted by Crippen LogP contribution is -2.47. The number of likely N-dealkylation sites (N-methyl/N-ethyl adjacent to an activating group) is 1. The van der Waals surface area contributed by atoms with Crippen LogP contribution in [0.5, 0.6) is 0 Å². The van der Waals surface area contributed by atoms with Crippen molar-refractivity contribution in [2.45, 2.75) is 18.5 Å². The number of benzene rings is 1. The number of fused-ring (bicyclic) bond motifs is 1. The molecule has 4 rings (SSSR count). The van der Waals surface area contributed by atoms with E-state index in [1.807, 2.05) is 23.1 Å². The van der Waals surface area contributed by atoms with Gasteiger partial charge in [-0.3, -0.25) is 0 Å². The van der Waals surface area contributed by atoms with Crippen LogP contribution in [-0.2, 0) is 6.42 Å². The van der Waals surface area contributed by atoms with Crippen LogP contribution in [0.15, 0.2) is 59.3 Å². The molecule has 2 aromatic heterocycles. The van der Waals surface area contributed by atoms with E-state index in [2.05, 4.69) is 65.4 Å². The standard InChI is InChI=1S/C22H25N3OS2/c1-24(2)18(20-9-6-13-27-20)15-23-22(26)25-12-10-19-17(11-14-28-19)21(25)16-7-4-3-5-8-16/h3-9,11,13-14,18,21H,10,12,15H2,1-2H3,(H,23,26). The molecule has 0 fully saturated rings. The molecule has 3 aromatic rings. The van der Waals surface area contributed by atoms with Crippen molar-refractivity contribution in [1.29, 1.82) is 0 Å². The van der Waals surface area contributed by atoms with E-state index in [0.29, 0.717) is 6.54 Å². The molecule has 0 saturated carbocycles. The Labute approximate surface area is 174 Å². The van der Waals surface area contributed by atoms with E-state index in [0.717, 1.165) is 13.0 Å². The third kappa shape index (κ3) is 3.85. The minimum Gasteiger partial charge on any atom is -0.336 e. The smallest absolute Gasteiger partial charge is 0.318 e. The van der Waals surface area contributed by atoms with Crippen LogP contribution in [0, 0.1) is 0 Å². The van der Waals surface area contributed by atoms with Crippen molar-refractivity contribution < 1.29 is 4.79 Å². The van der Waals surface area contributed by atoms with Crippen molar-refractivity contribution >= 4 is 28.7 Å². The number of carbonyl (C=O) groups is 1. The molecular weight excluding hydrogens is 386 g/mol. The van der Waals surface area contributed by atoms with Crippen LogP contribution in [0.1, 0.15) is 33.0 Å². The highest BCUT2D eigenvalue weighted by Gasteiger charge is 2.33. The van der Waals surface area contributed by atoms with Crippen LogP contribution >= 0.6 is 22.7 Å². The zero-order valence-corrected chi connectivity index (χ0v) is 17.8. The lowest BCUT2D eigenvalue weighted by Gasteiger charge is -2.37. The van der Waals surface area contributed by atoms with E-state index in [1.165, 1.54) is 20.9 Å². The highest BCUT2D eigenvalue weighted by molar-refractivity contribution is 7.10. The number of urea groups is 1. The van der Waals surface area contributed by atoms with Gasteiger partial charge in [0.25, 0.3) is 0 Å². The molecule has 6 heteroatoms. The molecule has 0 bridgehead atoms. The average Bonchev–Trinajstić information content (AvgIpc) is 3.39. The zero-order valence-electron chi connectivity index (χ0n) is 16.2. The number of hydrogen-bond acceptors (Lipinski definition) is 4. The summed E-state index contributed by atoms with van der Waals surface area (Å²) in [5.41, 5.74) is 2.43. The Hall–Kier alpha value is -2.15. The highest BCUT2D eigenvalue weighted by atomic mass is 32.1. The average molecular weight is 412 g/mol. The normalized spacial score (nSPS) is 17.4. The number of amides is 2. The fraction of sp³-hybridized carbons (Fsp3) is 0.318. The number of rotatable bonds is 5. The summed E-state index contributed by atoms with van der Waals surface area (Å²) in [6, 6.07) is 16.9. The Morgan fingerprint density at radius 1 is 1.14 bits per heavy atom. The van der Waals surface area contributed by atoms with Gasteiger partial charge in [-0.15, -0.1) is 22.7 Å². The van der Waals surface area contributed by atoms with Crippen molar-refractivity contribution in [3.8, 4) is 0 Å². The van der Waals surface area contributed by atoms with E-state index in [1.54, 1.807) is 22.7 Å². The summed E-state index contributed by atoms with van der Waals surface area (Å²) in [7, 11) is 4.11. The van der Waals surface area contributed by atoms with Crippen molar-refractivity contribution in [1.82, 2.24) is 15.1 Å². The van der Waals surface area contributed by atoms with Gasteiger partial charge in [-0.1, -0.05) is 36.4 Å². The predicted molar refractivity (Wildman–Crippen MR) is 117 cm³/mol. The second-order valence-electron chi connectivity index (χ2n) is 7.24. The van der Waals surface area contributed by atoms with Crippen LogP contribution in [-0.4, -0.2) is 43.0 Å². The van der Waals surface area contributed by atoms with Crippen molar-refractivity contribution in [3.05, 3.63) is 80.2 Å². The van der Waals surface area contributed by atoms with Gasteiger partial charge in [0.05, 0.1) is 12.1 Å². The minimum atomic E-state index is -0.0178. The second kappa shape index (κ2) is 8.47. The van der Waals surface area contributed by atoms with Crippen LogP contribution in [0.4, 0.5) is 4.79 Å². The first-order valence-corrected chi connectivity index (χ1v) is 11.3. The highest BCUT2D eigenvalue weighted by Crippen LogP contribution is 2.37. The topological polar surface area (TPSA) is 35.6 Å². The quantitative estimate of drug-likeness (QED) is 0.656. The molecule has 2 unspecified atom stereocenters. The third-order valence-electron chi connectivity index (χ3n) is 5.28. The van der Waals surface area contributed by atoms with Gasteiger partial charge in [0.1, 0.15) is 0 Å². The van der Waals surface area contributed by atoms with Gasteiger partial charge in [0, 0.05) is 22.8 Å². The summed E-state index contributed by atoms with van der Waals surface area (Å²) in [6.07, 6.45) is 0.922. The lowest BCUT2D eigenvalue weighted by atomic mass is 9.93. The lowest BCUT2D eigenvalue weighted by molar-refractivity contribution is 0.176. The van der Waals surface area contributed by atoms with E-state index in [-0.39, 0.29) is 18.1 Å². The van der Waals surface area contributed by atoms with Gasteiger partial charge < -0.3 is 15.1 Å². The van der Waals surface area contributed by atoms with Crippen LogP contribution in [0.3, 0.4) is 0 Å². The van der Waals surface area contributed by atoms with Crippen LogP contribution < -0.4 is 5.32 Å². The maximum absolute atomic E-state index is 13.2. The van der Waals surface area contributed by atoms with Gasteiger partial charge in [-0.05, 0) is 54.5 Å². The van der Waals surface area contributed by atoms with E-state index < -0.39 is 0 Å².